The van der Waals surface area contributed by atoms with Crippen molar-refractivity contribution in [2.24, 2.45) is 0 Å². The number of hydrogen-bond acceptors (Lipinski definition) is 1. The van der Waals surface area contributed by atoms with Crippen molar-refractivity contribution in [3.05, 3.63) is 42.5 Å². The molecule has 0 bridgehead atoms. The maximum absolute atomic E-state index is 5.37. The lowest BCUT2D eigenvalue weighted by Crippen LogP contribution is -3.00. The summed E-state index contributed by atoms with van der Waals surface area (Å²) < 4.78 is 7.35. The minimum absolute atomic E-state index is 0. The summed E-state index contributed by atoms with van der Waals surface area (Å²) in [6, 6.07) is 10.1. The zero-order valence-corrected chi connectivity index (χ0v) is 11.1. The van der Waals surface area contributed by atoms with E-state index in [9.17, 15) is 0 Å². The highest BCUT2D eigenvalue weighted by Gasteiger charge is 2.18. The number of rotatable bonds is 2. The van der Waals surface area contributed by atoms with Gasteiger partial charge in [-0.2, -0.15) is 0 Å². The smallest absolute Gasteiger partial charge is 0.345 e. The van der Waals surface area contributed by atoms with E-state index in [0.29, 0.717) is 6.54 Å². The Kier molecular flexibility index (Phi) is 4.56. The van der Waals surface area contributed by atoms with Crippen LogP contribution in [0.15, 0.2) is 41.0 Å². The highest BCUT2D eigenvalue weighted by molar-refractivity contribution is 5.54. The first-order valence-electron chi connectivity index (χ1n) is 4.79. The van der Waals surface area contributed by atoms with Gasteiger partial charge in [-0.3, -0.25) is 0 Å². The van der Waals surface area contributed by atoms with Gasteiger partial charge >= 0.3 is 5.89 Å². The summed E-state index contributed by atoms with van der Waals surface area (Å²) in [6.07, 6.45) is 7.06. The Hall–Kier alpha value is -1.28. The van der Waals surface area contributed by atoms with Gasteiger partial charge in [-0.1, -0.05) is 18.2 Å². The van der Waals surface area contributed by atoms with Gasteiger partial charge in [-0.25, -0.2) is 0 Å². The van der Waals surface area contributed by atoms with Crippen LogP contribution in [-0.4, -0.2) is 0 Å². The lowest BCUT2D eigenvalue weighted by molar-refractivity contribution is -0.683. The molecule has 0 spiro atoms. The Morgan fingerprint density at radius 3 is 2.62 bits per heavy atom. The first-order valence-corrected chi connectivity index (χ1v) is 4.79. The van der Waals surface area contributed by atoms with Gasteiger partial charge in [0.2, 0.25) is 6.54 Å². The van der Waals surface area contributed by atoms with E-state index in [4.69, 9.17) is 10.8 Å². The van der Waals surface area contributed by atoms with Crippen LogP contribution in [-0.2, 0) is 6.54 Å². The van der Waals surface area contributed by atoms with Crippen molar-refractivity contribution < 1.29 is 33.0 Å². The fourth-order valence-corrected chi connectivity index (χ4v) is 1.56. The van der Waals surface area contributed by atoms with Crippen molar-refractivity contribution in [1.82, 2.24) is 0 Å². The molecule has 2 nitrogen and oxygen atoms in total. The van der Waals surface area contributed by atoms with Crippen LogP contribution in [0.4, 0.5) is 0 Å². The van der Waals surface area contributed by atoms with Gasteiger partial charge in [0.25, 0.3) is 5.69 Å². The van der Waals surface area contributed by atoms with Crippen LogP contribution >= 0.6 is 0 Å². The van der Waals surface area contributed by atoms with Crippen LogP contribution in [0.2, 0.25) is 0 Å². The second kappa shape index (κ2) is 5.71. The maximum Gasteiger partial charge on any atom is 0.345 e. The van der Waals surface area contributed by atoms with Crippen LogP contribution in [0.25, 0.3) is 11.3 Å². The summed E-state index contributed by atoms with van der Waals surface area (Å²) in [5, 5.41) is 0. The molecule has 0 fully saturated rings. The standard InChI is InChI=1S/C13H12NO.HI/c1-3-9-14-11(2)15-10-13(14)12-7-5-4-6-8-12;/h1,4-8,10H,9H2,2H3;1H/q+1;/p-1. The third kappa shape index (κ3) is 2.45. The lowest BCUT2D eigenvalue weighted by Gasteiger charge is -1.94. The summed E-state index contributed by atoms with van der Waals surface area (Å²) >= 11 is 0. The Morgan fingerprint density at radius 2 is 2.00 bits per heavy atom. The SMILES string of the molecule is C#CC[n+]1c(-c2ccccc2)coc1C.[I-]. The first-order chi connectivity index (χ1) is 7.33. The van der Waals surface area contributed by atoms with E-state index in [0.717, 1.165) is 17.1 Å². The number of terminal acetylenes is 1. The number of aryl methyl sites for hydroxylation is 1. The van der Waals surface area contributed by atoms with E-state index in [2.05, 4.69) is 5.92 Å². The number of benzene rings is 1. The van der Waals surface area contributed by atoms with Gasteiger partial charge in [0.15, 0.2) is 6.26 Å². The Labute approximate surface area is 112 Å². The van der Waals surface area contributed by atoms with Crippen molar-refractivity contribution >= 4 is 0 Å². The molecule has 0 unspecified atom stereocenters. The van der Waals surface area contributed by atoms with Crippen molar-refractivity contribution in [3.63, 3.8) is 0 Å². The van der Waals surface area contributed by atoms with Crippen molar-refractivity contribution in [3.8, 4) is 23.6 Å². The van der Waals surface area contributed by atoms with Gasteiger partial charge < -0.3 is 28.4 Å². The highest BCUT2D eigenvalue weighted by atomic mass is 127. The van der Waals surface area contributed by atoms with Gasteiger partial charge in [0.1, 0.15) is 0 Å². The van der Waals surface area contributed by atoms with E-state index in [1.807, 2.05) is 41.8 Å². The zero-order valence-electron chi connectivity index (χ0n) is 8.98. The van der Waals surface area contributed by atoms with Crippen LogP contribution < -0.4 is 28.5 Å². The molecule has 0 aliphatic rings. The topological polar surface area (TPSA) is 17.0 Å². The van der Waals surface area contributed by atoms with Crippen LogP contribution in [0.5, 0.6) is 0 Å². The summed E-state index contributed by atoms with van der Waals surface area (Å²) in [7, 11) is 0. The molecule has 2 aromatic rings. The Balaban J connectivity index is 0.00000128. The van der Waals surface area contributed by atoms with Crippen LogP contribution in [0, 0.1) is 19.3 Å². The molecule has 2 rings (SSSR count). The van der Waals surface area contributed by atoms with E-state index in [-0.39, 0.29) is 24.0 Å². The minimum atomic E-state index is 0. The zero-order chi connectivity index (χ0) is 10.7. The van der Waals surface area contributed by atoms with Gasteiger partial charge in [0, 0.05) is 5.56 Å². The first kappa shape index (κ1) is 12.8. The number of aromatic nitrogens is 1. The largest absolute Gasteiger partial charge is 1.00 e. The van der Waals surface area contributed by atoms with Gasteiger partial charge in [-0.05, 0) is 18.1 Å². The van der Waals surface area contributed by atoms with E-state index in [1.165, 1.54) is 0 Å². The fourth-order valence-electron chi connectivity index (χ4n) is 1.56. The molecule has 0 aliphatic carbocycles. The molecule has 0 amide bonds. The third-order valence-electron chi connectivity index (χ3n) is 2.33. The fraction of sp³-hybridized carbons (Fsp3) is 0.154. The lowest BCUT2D eigenvalue weighted by atomic mass is 10.2. The molecule has 0 saturated carbocycles. The molecule has 0 radical (unpaired) electrons. The van der Waals surface area contributed by atoms with Crippen molar-refractivity contribution in [2.75, 3.05) is 0 Å². The number of halogens is 1. The average Bonchev–Trinajstić information content (AvgIpc) is 2.63. The van der Waals surface area contributed by atoms with E-state index < -0.39 is 0 Å². The van der Waals surface area contributed by atoms with Crippen molar-refractivity contribution in [2.45, 2.75) is 13.5 Å². The molecule has 0 aliphatic heterocycles. The molecule has 0 N–H and O–H groups in total. The van der Waals surface area contributed by atoms with Crippen LogP contribution in [0.3, 0.4) is 0 Å². The van der Waals surface area contributed by atoms with E-state index >= 15 is 0 Å². The normalized spacial score (nSPS) is 9.25. The number of oxazole rings is 1. The van der Waals surface area contributed by atoms with E-state index in [1.54, 1.807) is 6.26 Å². The van der Waals surface area contributed by atoms with Gasteiger partial charge in [-0.15, -0.1) is 11.0 Å². The summed E-state index contributed by atoms with van der Waals surface area (Å²) in [6.45, 7) is 2.44. The maximum atomic E-state index is 5.37. The number of hydrogen-bond donors (Lipinski definition) is 0. The highest BCUT2D eigenvalue weighted by Crippen LogP contribution is 2.15. The molecule has 1 aromatic carbocycles. The summed E-state index contributed by atoms with van der Waals surface area (Å²) in [4.78, 5) is 0. The van der Waals surface area contributed by atoms with Crippen molar-refractivity contribution in [1.29, 1.82) is 0 Å². The van der Waals surface area contributed by atoms with Crippen LogP contribution in [0.1, 0.15) is 5.89 Å². The predicted octanol–water partition coefficient (Wildman–Crippen LogP) is -0.820. The van der Waals surface area contributed by atoms with Gasteiger partial charge in [0.05, 0.1) is 6.92 Å². The molecule has 1 aromatic heterocycles. The molecule has 16 heavy (non-hydrogen) atoms. The molecule has 3 heteroatoms. The summed E-state index contributed by atoms with van der Waals surface area (Å²) in [5.41, 5.74) is 2.13. The Morgan fingerprint density at radius 1 is 1.31 bits per heavy atom. The second-order valence-electron chi connectivity index (χ2n) is 3.30. The molecule has 1 heterocycles. The second-order valence-corrected chi connectivity index (χ2v) is 3.30. The minimum Gasteiger partial charge on any atom is -1.00 e. The average molecular weight is 325 g/mol. The monoisotopic (exact) mass is 325 g/mol. The summed E-state index contributed by atoms with van der Waals surface area (Å²) in [5.74, 6) is 3.45. The molecule has 0 saturated heterocycles. The predicted molar refractivity (Wildman–Crippen MR) is 57.9 cm³/mol. The third-order valence-corrected chi connectivity index (χ3v) is 2.33. The molecular formula is C13H12INO. The quantitative estimate of drug-likeness (QED) is 0.401. The number of nitrogens with zero attached hydrogens (tertiary/aromatic N) is 1. The molecular weight excluding hydrogens is 313 g/mol. The molecule has 82 valence electrons. The molecule has 0 atom stereocenters. The Bertz CT molecular complexity index is 496.